The first-order chi connectivity index (χ1) is 4.61. The molecular weight excluding hydrogens is 148 g/mol. The van der Waals surface area contributed by atoms with Crippen molar-refractivity contribution < 1.29 is 0 Å². The van der Waals surface area contributed by atoms with Crippen molar-refractivity contribution in [3.8, 4) is 0 Å². The highest BCUT2D eigenvalue weighted by Gasteiger charge is 1.99. The van der Waals surface area contributed by atoms with Crippen LogP contribution in [0.2, 0.25) is 5.02 Å². The van der Waals surface area contributed by atoms with Crippen LogP contribution in [0.3, 0.4) is 0 Å². The maximum absolute atomic E-state index is 5.76. The van der Waals surface area contributed by atoms with Gasteiger partial charge in [-0.2, -0.15) is 0 Å². The normalized spacial score (nSPS) is 9.80. The molecule has 3 heteroatoms. The highest BCUT2D eigenvalue weighted by Crippen LogP contribution is 2.24. The summed E-state index contributed by atoms with van der Waals surface area (Å²) >= 11 is 5.76. The van der Waals surface area contributed by atoms with E-state index < -0.39 is 0 Å². The second kappa shape index (κ2) is 2.39. The largest absolute Gasteiger partial charge is 0.399 e. The fourth-order valence-electron chi connectivity index (χ4n) is 0.722. The molecule has 1 aromatic rings. The average molecular weight is 157 g/mol. The fourth-order valence-corrected chi connectivity index (χ4v) is 0.957. The van der Waals surface area contributed by atoms with Crippen molar-refractivity contribution >= 4 is 23.0 Å². The van der Waals surface area contributed by atoms with Crippen LogP contribution >= 0.6 is 11.6 Å². The first-order valence-electron chi connectivity index (χ1n) is 2.92. The predicted octanol–water partition coefficient (Wildman–Crippen LogP) is 1.81. The van der Waals surface area contributed by atoms with Gasteiger partial charge in [0.05, 0.1) is 0 Å². The Morgan fingerprint density at radius 3 is 2.40 bits per heavy atom. The van der Waals surface area contributed by atoms with E-state index in [1.165, 1.54) is 0 Å². The Morgan fingerprint density at radius 2 is 1.90 bits per heavy atom. The minimum absolute atomic E-state index is 0.605. The zero-order valence-electron chi connectivity index (χ0n) is 5.69. The van der Waals surface area contributed by atoms with Gasteiger partial charge < -0.3 is 11.5 Å². The lowest BCUT2D eigenvalue weighted by molar-refractivity contribution is 1.47. The maximum Gasteiger partial charge on any atom is 0.0476 e. The van der Waals surface area contributed by atoms with Crippen molar-refractivity contribution in [1.29, 1.82) is 0 Å². The Hall–Kier alpha value is -0.890. The summed E-state index contributed by atoms with van der Waals surface area (Å²) in [6, 6.07) is 3.38. The van der Waals surface area contributed by atoms with E-state index >= 15 is 0 Å². The molecule has 1 rings (SSSR count). The first kappa shape index (κ1) is 7.22. The van der Waals surface area contributed by atoms with Crippen molar-refractivity contribution in [3.05, 3.63) is 22.7 Å². The molecule has 0 aliphatic heterocycles. The van der Waals surface area contributed by atoms with Crippen LogP contribution < -0.4 is 11.5 Å². The molecule has 0 saturated carbocycles. The molecule has 0 aromatic heterocycles. The number of benzene rings is 1. The molecule has 0 saturated heterocycles. The molecule has 0 radical (unpaired) electrons. The predicted molar refractivity (Wildman–Crippen MR) is 45.0 cm³/mol. The number of rotatable bonds is 0. The van der Waals surface area contributed by atoms with Crippen LogP contribution in [0.5, 0.6) is 0 Å². The van der Waals surface area contributed by atoms with Gasteiger partial charge in [-0.3, -0.25) is 0 Å². The summed E-state index contributed by atoms with van der Waals surface area (Å²) in [7, 11) is 0. The smallest absolute Gasteiger partial charge is 0.0476 e. The number of hydrogen-bond donors (Lipinski definition) is 2. The highest BCUT2D eigenvalue weighted by atomic mass is 35.5. The highest BCUT2D eigenvalue weighted by molar-refractivity contribution is 6.32. The quantitative estimate of drug-likeness (QED) is 0.563. The van der Waals surface area contributed by atoms with E-state index in [-0.39, 0.29) is 0 Å². The fraction of sp³-hybridized carbons (Fsp3) is 0.143. The molecule has 0 spiro atoms. The molecule has 0 aliphatic carbocycles. The molecule has 10 heavy (non-hydrogen) atoms. The number of halogens is 1. The third kappa shape index (κ3) is 1.16. The van der Waals surface area contributed by atoms with E-state index in [1.54, 1.807) is 12.1 Å². The SMILES string of the molecule is Cc1c(N)cc(N)cc1Cl. The lowest BCUT2D eigenvalue weighted by Gasteiger charge is -2.02. The van der Waals surface area contributed by atoms with Gasteiger partial charge >= 0.3 is 0 Å². The molecule has 2 nitrogen and oxygen atoms in total. The molecule has 0 fully saturated rings. The number of hydrogen-bond acceptors (Lipinski definition) is 2. The van der Waals surface area contributed by atoms with Crippen molar-refractivity contribution in [2.24, 2.45) is 0 Å². The summed E-state index contributed by atoms with van der Waals surface area (Å²) in [5.41, 5.74) is 13.2. The van der Waals surface area contributed by atoms with Gasteiger partial charge in [0, 0.05) is 16.4 Å². The number of anilines is 2. The molecule has 0 atom stereocenters. The van der Waals surface area contributed by atoms with E-state index in [1.807, 2.05) is 6.92 Å². The second-order valence-corrected chi connectivity index (χ2v) is 2.62. The Balaban J connectivity index is 3.31. The Morgan fingerprint density at radius 1 is 1.30 bits per heavy atom. The van der Waals surface area contributed by atoms with Crippen LogP contribution in [0.4, 0.5) is 11.4 Å². The Kier molecular flexibility index (Phi) is 1.72. The molecule has 0 unspecified atom stereocenters. The van der Waals surface area contributed by atoms with Gasteiger partial charge in [-0.1, -0.05) is 11.6 Å². The molecular formula is C7H9ClN2. The van der Waals surface area contributed by atoms with E-state index in [4.69, 9.17) is 23.1 Å². The molecule has 0 amide bonds. The van der Waals surface area contributed by atoms with Gasteiger partial charge in [0.15, 0.2) is 0 Å². The Labute approximate surface area is 64.8 Å². The summed E-state index contributed by atoms with van der Waals surface area (Å²) in [5.74, 6) is 0. The second-order valence-electron chi connectivity index (χ2n) is 2.22. The number of nitrogens with two attached hydrogens (primary N) is 2. The summed E-state index contributed by atoms with van der Waals surface area (Å²) in [6.07, 6.45) is 0. The molecule has 0 heterocycles. The molecule has 4 N–H and O–H groups in total. The van der Waals surface area contributed by atoms with Crippen LogP contribution in [0, 0.1) is 6.92 Å². The molecule has 1 aromatic carbocycles. The van der Waals surface area contributed by atoms with Crippen molar-refractivity contribution in [1.82, 2.24) is 0 Å². The Bertz CT molecular complexity index is 235. The van der Waals surface area contributed by atoms with Gasteiger partial charge in [-0.05, 0) is 24.6 Å². The van der Waals surface area contributed by atoms with Crippen molar-refractivity contribution in [3.63, 3.8) is 0 Å². The van der Waals surface area contributed by atoms with Crippen LogP contribution in [0.1, 0.15) is 5.56 Å². The van der Waals surface area contributed by atoms with E-state index in [0.717, 1.165) is 5.56 Å². The van der Waals surface area contributed by atoms with Gasteiger partial charge in [-0.25, -0.2) is 0 Å². The molecule has 54 valence electrons. The molecule has 0 bridgehead atoms. The minimum atomic E-state index is 0.605. The standard InChI is InChI=1S/C7H9ClN2/c1-4-6(8)2-5(9)3-7(4)10/h2-3H,9-10H2,1H3. The van der Waals surface area contributed by atoms with Crippen LogP contribution in [-0.2, 0) is 0 Å². The summed E-state index contributed by atoms with van der Waals surface area (Å²) in [5, 5.41) is 0.623. The van der Waals surface area contributed by atoms with E-state index in [9.17, 15) is 0 Å². The zero-order valence-corrected chi connectivity index (χ0v) is 6.44. The van der Waals surface area contributed by atoms with Gasteiger partial charge in [0.2, 0.25) is 0 Å². The van der Waals surface area contributed by atoms with Crippen LogP contribution in [-0.4, -0.2) is 0 Å². The van der Waals surface area contributed by atoms with Crippen molar-refractivity contribution in [2.45, 2.75) is 6.92 Å². The van der Waals surface area contributed by atoms with Crippen LogP contribution in [0.25, 0.3) is 0 Å². The monoisotopic (exact) mass is 156 g/mol. The summed E-state index contributed by atoms with van der Waals surface area (Å²) < 4.78 is 0. The summed E-state index contributed by atoms with van der Waals surface area (Å²) in [6.45, 7) is 1.86. The molecule has 0 aliphatic rings. The summed E-state index contributed by atoms with van der Waals surface area (Å²) in [4.78, 5) is 0. The van der Waals surface area contributed by atoms with E-state index in [2.05, 4.69) is 0 Å². The van der Waals surface area contributed by atoms with Gasteiger partial charge in [0.1, 0.15) is 0 Å². The average Bonchev–Trinajstić information content (AvgIpc) is 1.82. The topological polar surface area (TPSA) is 52.0 Å². The zero-order chi connectivity index (χ0) is 7.72. The van der Waals surface area contributed by atoms with Gasteiger partial charge in [-0.15, -0.1) is 0 Å². The van der Waals surface area contributed by atoms with E-state index in [0.29, 0.717) is 16.4 Å². The lowest BCUT2D eigenvalue weighted by atomic mass is 10.2. The third-order valence-corrected chi connectivity index (χ3v) is 1.80. The van der Waals surface area contributed by atoms with Gasteiger partial charge in [0.25, 0.3) is 0 Å². The van der Waals surface area contributed by atoms with Crippen LogP contribution in [0.15, 0.2) is 12.1 Å². The minimum Gasteiger partial charge on any atom is -0.399 e. The first-order valence-corrected chi connectivity index (χ1v) is 3.30. The van der Waals surface area contributed by atoms with Crippen molar-refractivity contribution in [2.75, 3.05) is 11.5 Å². The lowest BCUT2D eigenvalue weighted by Crippen LogP contribution is -1.93. The third-order valence-electron chi connectivity index (χ3n) is 1.41. The maximum atomic E-state index is 5.76. The number of nitrogen functional groups attached to an aromatic ring is 2.